The van der Waals surface area contributed by atoms with Crippen LogP contribution in [0.1, 0.15) is 106 Å². The van der Waals surface area contributed by atoms with Gasteiger partial charge in [0.05, 0.1) is 173 Å². The normalized spacial score (nSPS) is 13.6. The Bertz CT molecular complexity index is 4230. The Hall–Kier alpha value is -7.04. The molecule has 2 N–H and O–H groups in total. The number of aromatic amines is 2. The van der Waals surface area contributed by atoms with Gasteiger partial charge in [0.15, 0.2) is 0 Å². The molecule has 7 aromatic rings. The molecule has 24 heteroatoms. The Labute approximate surface area is 621 Å². The van der Waals surface area contributed by atoms with Gasteiger partial charge >= 0.3 is 0 Å². The standard InChI is InChI=1S/C80H114N12O8S4/c1-17-89(18-2,19-3)57-53-85(13)101(93,94)65-37-29-61(30-38-65)77-69-45-47-71(81-69)78(62-31-39-66(40-32-62)102(95,96)86(14)54-58-90(20-4,21-5)22-6)73-49-51-75(83-73)80(64-35-43-68(44-36-64)104(99,100)88(16)56-60-92(26-10,27-11)28-12)76-52-50-74(84-76)79(72-48-46-70(77)82-72)63-33-41-67(42-34-63)103(97,98)87(15)55-59-91(23-7,24-8)25-9/h29-52,81,84H,17-28,53-60H2,1-16H3/q+4. The van der Waals surface area contributed by atoms with E-state index in [1.54, 1.807) is 76.7 Å². The van der Waals surface area contributed by atoms with Gasteiger partial charge in [-0.2, -0.15) is 17.2 Å². The van der Waals surface area contributed by atoms with Crippen molar-refractivity contribution in [2.24, 2.45) is 0 Å². The van der Waals surface area contributed by atoms with Crippen LogP contribution in [0.4, 0.5) is 0 Å². The van der Waals surface area contributed by atoms with E-state index in [1.165, 1.54) is 17.2 Å². The molecule has 0 saturated heterocycles. The van der Waals surface area contributed by atoms with Crippen molar-refractivity contribution in [3.8, 4) is 44.5 Å². The fourth-order valence-electron chi connectivity index (χ4n) is 14.8. The van der Waals surface area contributed by atoms with Crippen LogP contribution in [-0.2, 0) is 40.1 Å². The van der Waals surface area contributed by atoms with Crippen molar-refractivity contribution in [3.63, 3.8) is 0 Å². The van der Waals surface area contributed by atoms with Crippen molar-refractivity contribution < 1.29 is 51.6 Å². The molecule has 9 rings (SSSR count). The van der Waals surface area contributed by atoms with Crippen LogP contribution >= 0.6 is 0 Å². The summed E-state index contributed by atoms with van der Waals surface area (Å²) in [6, 6.07) is 35.4. The minimum atomic E-state index is -3.92. The van der Waals surface area contributed by atoms with E-state index in [2.05, 4.69) is 93.1 Å². The SMILES string of the molecule is CC[N+](CC)(CC)CCN(C)S(=O)(=O)c1ccc(-c2c3nc(c(-c4ccc(S(=O)(=O)N(C)CC[N+](CC)(CC)CC)cc4)c4ccc([nH]4)c(-c4ccc(S(=O)(=O)N(C)CC[N+](CC)(CC)CC)cc4)c4nc(c(-c5ccc(S(=O)(=O)N(C)CC[N+](CC)(CC)CC)cc5)c5ccc2[nH]5)C=C4)C=C3)cc1. The molecule has 0 aliphatic carbocycles. The lowest BCUT2D eigenvalue weighted by Gasteiger charge is -2.36. The largest absolute Gasteiger partial charge is 0.354 e. The first-order valence-corrected chi connectivity index (χ1v) is 43.1. The Morgan fingerprint density at radius 1 is 0.269 bits per heavy atom. The van der Waals surface area contributed by atoms with Gasteiger partial charge in [-0.05, 0) is 202 Å². The number of rotatable bonds is 36. The molecule has 0 amide bonds. The van der Waals surface area contributed by atoms with Gasteiger partial charge in [0, 0.05) is 72.5 Å². The zero-order valence-electron chi connectivity index (χ0n) is 64.4. The number of likely N-dealkylation sites (N-methyl/N-ethyl adjacent to an activating group) is 8. The quantitative estimate of drug-likeness (QED) is 0.0355. The first-order chi connectivity index (χ1) is 49.5. The predicted molar refractivity (Wildman–Crippen MR) is 427 cm³/mol. The van der Waals surface area contributed by atoms with Gasteiger partial charge in [-0.25, -0.2) is 43.6 Å². The van der Waals surface area contributed by atoms with E-state index in [9.17, 15) is 33.7 Å². The molecule has 0 saturated carbocycles. The molecule has 104 heavy (non-hydrogen) atoms. The van der Waals surface area contributed by atoms with Crippen molar-refractivity contribution in [2.75, 3.05) is 159 Å². The monoisotopic (exact) mass is 1500 g/mol. The van der Waals surface area contributed by atoms with Crippen LogP contribution in [-0.4, -0.2) is 248 Å². The van der Waals surface area contributed by atoms with E-state index in [1.807, 2.05) is 97.1 Å². The van der Waals surface area contributed by atoms with Crippen LogP contribution < -0.4 is 0 Å². The summed E-state index contributed by atoms with van der Waals surface area (Å²) in [5.41, 5.74) is 9.94. The first kappa shape index (κ1) is 81.0. The van der Waals surface area contributed by atoms with Gasteiger partial charge in [0.1, 0.15) is 0 Å². The Balaban J connectivity index is 1.29. The third-order valence-corrected chi connectivity index (χ3v) is 31.2. The number of hydrogen-bond donors (Lipinski definition) is 2. The summed E-state index contributed by atoms with van der Waals surface area (Å²) in [4.78, 5) is 19.1. The number of sulfonamides is 4. The van der Waals surface area contributed by atoms with E-state index < -0.39 is 40.1 Å². The summed E-state index contributed by atoms with van der Waals surface area (Å²) >= 11 is 0. The molecule has 5 heterocycles. The molecular weight excluding hydrogens is 1390 g/mol. The summed E-state index contributed by atoms with van der Waals surface area (Å²) in [6.45, 7) is 40.5. The molecule has 0 spiro atoms. The Kier molecular flexibility index (Phi) is 26.0. The van der Waals surface area contributed by atoms with Gasteiger partial charge < -0.3 is 27.9 Å². The molecule has 2 aliphatic heterocycles. The minimum absolute atomic E-state index is 0.144. The first-order valence-electron chi connectivity index (χ1n) is 37.3. The van der Waals surface area contributed by atoms with E-state index in [0.29, 0.717) is 142 Å². The zero-order valence-corrected chi connectivity index (χ0v) is 67.6. The molecule has 0 radical (unpaired) electrons. The molecule has 0 unspecified atom stereocenters. The maximum absolute atomic E-state index is 14.5. The van der Waals surface area contributed by atoms with Gasteiger partial charge in [0.2, 0.25) is 40.1 Å². The molecule has 0 atom stereocenters. The number of benzene rings is 4. The lowest BCUT2D eigenvalue weighted by atomic mass is 10.0. The molecule has 2 aliphatic rings. The number of aromatic nitrogens is 4. The molecule has 4 aromatic carbocycles. The second-order valence-corrected chi connectivity index (χ2v) is 36.1. The molecule has 562 valence electrons. The molecular formula is C80H114N12O8S4+4. The van der Waals surface area contributed by atoms with E-state index >= 15 is 0 Å². The van der Waals surface area contributed by atoms with Crippen molar-refractivity contribution in [1.82, 2.24) is 37.2 Å². The highest BCUT2D eigenvalue weighted by molar-refractivity contribution is 7.90. The van der Waals surface area contributed by atoms with Crippen molar-refractivity contribution in [2.45, 2.75) is 103 Å². The molecule has 8 bridgehead atoms. The summed E-state index contributed by atoms with van der Waals surface area (Å²) in [5, 5.41) is 0. The molecule has 20 nitrogen and oxygen atoms in total. The predicted octanol–water partition coefficient (Wildman–Crippen LogP) is 13.3. The summed E-state index contributed by atoms with van der Waals surface area (Å²) in [7, 11) is -9.14. The van der Waals surface area contributed by atoms with Crippen LogP contribution in [0.25, 0.3) is 90.9 Å². The van der Waals surface area contributed by atoms with Crippen LogP contribution in [0.15, 0.2) is 141 Å². The van der Waals surface area contributed by atoms with E-state index in [0.717, 1.165) is 96.5 Å². The number of quaternary nitrogens is 4. The number of nitrogens with zero attached hydrogens (tertiary/aromatic N) is 10. The van der Waals surface area contributed by atoms with E-state index in [4.69, 9.17) is 9.97 Å². The minimum Gasteiger partial charge on any atom is -0.354 e. The fourth-order valence-corrected chi connectivity index (χ4v) is 19.4. The maximum atomic E-state index is 14.5. The smallest absolute Gasteiger partial charge is 0.243 e. The van der Waals surface area contributed by atoms with Gasteiger partial charge in [-0.15, -0.1) is 0 Å². The maximum Gasteiger partial charge on any atom is 0.243 e. The topological polar surface area (TPSA) is 207 Å². The highest BCUT2D eigenvalue weighted by atomic mass is 32.2. The van der Waals surface area contributed by atoms with Crippen molar-refractivity contribution in [1.29, 1.82) is 0 Å². The fraction of sp³-hybridized carbons (Fsp3) is 0.450. The molecule has 0 fully saturated rings. The summed E-state index contributed by atoms with van der Waals surface area (Å²) in [6.07, 6.45) is 7.70. The van der Waals surface area contributed by atoms with Crippen molar-refractivity contribution in [3.05, 3.63) is 144 Å². The van der Waals surface area contributed by atoms with Crippen LogP contribution in [0, 0.1) is 0 Å². The second-order valence-electron chi connectivity index (χ2n) is 28.0. The van der Waals surface area contributed by atoms with Crippen molar-refractivity contribution >= 4 is 86.5 Å². The molecule has 3 aromatic heterocycles. The Morgan fingerprint density at radius 3 is 0.587 bits per heavy atom. The van der Waals surface area contributed by atoms with E-state index in [-0.39, 0.29) is 19.6 Å². The lowest BCUT2D eigenvalue weighted by molar-refractivity contribution is -0.922. The van der Waals surface area contributed by atoms with Crippen LogP contribution in [0.5, 0.6) is 0 Å². The van der Waals surface area contributed by atoms with Crippen LogP contribution in [0.2, 0.25) is 0 Å². The third kappa shape index (κ3) is 16.6. The number of nitrogens with one attached hydrogen (secondary N) is 2. The van der Waals surface area contributed by atoms with Crippen LogP contribution in [0.3, 0.4) is 0 Å². The highest BCUT2D eigenvalue weighted by Gasteiger charge is 2.33. The average molecular weight is 1500 g/mol. The number of fused-ring (bicyclic) bond motifs is 8. The average Bonchev–Trinajstić information content (AvgIpc) is 1.59. The third-order valence-electron chi connectivity index (χ3n) is 23.8. The highest BCUT2D eigenvalue weighted by Crippen LogP contribution is 2.40. The van der Waals surface area contributed by atoms with Gasteiger partial charge in [-0.3, -0.25) is 0 Å². The van der Waals surface area contributed by atoms with Gasteiger partial charge in [-0.1, -0.05) is 48.5 Å². The second kappa shape index (κ2) is 33.4. The Morgan fingerprint density at radius 2 is 0.433 bits per heavy atom. The zero-order chi connectivity index (χ0) is 75.8. The number of hydrogen-bond acceptors (Lipinski definition) is 10. The summed E-state index contributed by atoms with van der Waals surface area (Å²) < 4.78 is 125. The summed E-state index contributed by atoms with van der Waals surface area (Å²) in [5.74, 6) is 0. The lowest BCUT2D eigenvalue weighted by Crippen LogP contribution is -2.51. The van der Waals surface area contributed by atoms with Gasteiger partial charge in [0.25, 0.3) is 0 Å². The number of H-pyrrole nitrogens is 2.